The summed E-state index contributed by atoms with van der Waals surface area (Å²) in [5.41, 5.74) is 0.665. The molecule has 0 saturated heterocycles. The van der Waals surface area contributed by atoms with E-state index < -0.39 is 0 Å². The Bertz CT molecular complexity index is 868. The van der Waals surface area contributed by atoms with Gasteiger partial charge in [-0.3, -0.25) is 9.59 Å². The van der Waals surface area contributed by atoms with Gasteiger partial charge in [-0.2, -0.15) is 0 Å². The third-order valence-electron chi connectivity index (χ3n) is 3.58. The van der Waals surface area contributed by atoms with Crippen LogP contribution in [0.1, 0.15) is 30.4 Å². The molecule has 3 rings (SSSR count). The highest BCUT2D eigenvalue weighted by Gasteiger charge is 2.11. The quantitative estimate of drug-likeness (QED) is 0.608. The molecule has 0 aliphatic rings. The molecule has 3 aromatic rings. The molecule has 0 spiro atoms. The second kappa shape index (κ2) is 8.77. The van der Waals surface area contributed by atoms with Crippen molar-refractivity contribution in [1.29, 1.82) is 0 Å². The van der Waals surface area contributed by atoms with Gasteiger partial charge >= 0.3 is 0 Å². The van der Waals surface area contributed by atoms with Gasteiger partial charge in [-0.15, -0.1) is 22.7 Å². The Morgan fingerprint density at radius 2 is 2.12 bits per heavy atom. The van der Waals surface area contributed by atoms with E-state index in [1.807, 2.05) is 16.8 Å². The number of carbonyl (C=O) groups is 2. The van der Waals surface area contributed by atoms with Crippen LogP contribution in [0.15, 0.2) is 39.4 Å². The molecule has 3 heterocycles. The highest BCUT2D eigenvalue weighted by atomic mass is 32.1. The lowest BCUT2D eigenvalue weighted by Crippen LogP contribution is -2.18. The van der Waals surface area contributed by atoms with Crippen molar-refractivity contribution in [3.8, 4) is 11.5 Å². The van der Waals surface area contributed by atoms with E-state index in [9.17, 15) is 9.59 Å². The Labute approximate surface area is 159 Å². The number of thiophene rings is 1. The predicted octanol–water partition coefficient (Wildman–Crippen LogP) is 4.06. The molecule has 26 heavy (non-hydrogen) atoms. The topological polar surface area (TPSA) is 84.2 Å². The summed E-state index contributed by atoms with van der Waals surface area (Å²) in [5, 5.41) is 9.95. The van der Waals surface area contributed by atoms with Crippen molar-refractivity contribution < 1.29 is 14.0 Å². The molecular weight excluding hydrogens is 370 g/mol. The van der Waals surface area contributed by atoms with Crippen LogP contribution in [-0.4, -0.2) is 16.8 Å². The van der Waals surface area contributed by atoms with Crippen LogP contribution < -0.4 is 10.6 Å². The van der Waals surface area contributed by atoms with Crippen molar-refractivity contribution >= 4 is 39.6 Å². The fourth-order valence-electron chi connectivity index (χ4n) is 2.33. The van der Waals surface area contributed by atoms with Gasteiger partial charge in [0.1, 0.15) is 11.5 Å². The minimum absolute atomic E-state index is 0.0340. The zero-order valence-corrected chi connectivity index (χ0v) is 15.9. The van der Waals surface area contributed by atoms with Crippen molar-refractivity contribution in [2.24, 2.45) is 0 Å². The Morgan fingerprint density at radius 3 is 2.88 bits per heavy atom. The number of anilines is 1. The van der Waals surface area contributed by atoms with Gasteiger partial charge < -0.3 is 15.1 Å². The number of hydrogen-bond acceptors (Lipinski definition) is 6. The molecule has 0 atom stereocenters. The number of rotatable bonds is 8. The molecule has 0 aliphatic heterocycles. The molecule has 6 nitrogen and oxygen atoms in total. The van der Waals surface area contributed by atoms with Gasteiger partial charge in [0.2, 0.25) is 11.8 Å². The van der Waals surface area contributed by atoms with Crippen LogP contribution in [0.2, 0.25) is 0 Å². The lowest BCUT2D eigenvalue weighted by Gasteiger charge is -2.01. The minimum atomic E-state index is -0.110. The number of nitrogens with one attached hydrogen (secondary N) is 2. The van der Waals surface area contributed by atoms with Crippen molar-refractivity contribution in [1.82, 2.24) is 10.3 Å². The van der Waals surface area contributed by atoms with E-state index in [0.717, 1.165) is 12.8 Å². The van der Waals surface area contributed by atoms with Crippen molar-refractivity contribution in [2.75, 3.05) is 5.32 Å². The molecule has 2 amide bonds. The Morgan fingerprint density at radius 1 is 1.23 bits per heavy atom. The van der Waals surface area contributed by atoms with Gasteiger partial charge in [0.15, 0.2) is 10.9 Å². The summed E-state index contributed by atoms with van der Waals surface area (Å²) in [4.78, 5) is 28.7. The molecule has 0 bridgehead atoms. The minimum Gasteiger partial charge on any atom is -0.458 e. The Kier molecular flexibility index (Phi) is 6.19. The third kappa shape index (κ3) is 5.27. The molecule has 3 aromatic heterocycles. The lowest BCUT2D eigenvalue weighted by atomic mass is 10.2. The highest BCUT2D eigenvalue weighted by molar-refractivity contribution is 7.14. The number of furan rings is 1. The van der Waals surface area contributed by atoms with Crippen LogP contribution in [0, 0.1) is 0 Å². The lowest BCUT2D eigenvalue weighted by molar-refractivity contribution is -0.119. The third-order valence-corrected chi connectivity index (χ3v) is 5.28. The number of carbonyl (C=O) groups excluding carboxylic acids is 2. The predicted molar refractivity (Wildman–Crippen MR) is 103 cm³/mol. The van der Waals surface area contributed by atoms with Crippen LogP contribution in [0.25, 0.3) is 11.5 Å². The average Bonchev–Trinajstić information content (AvgIpc) is 3.34. The number of amides is 2. The highest BCUT2D eigenvalue weighted by Crippen LogP contribution is 2.26. The molecule has 0 fully saturated rings. The van der Waals surface area contributed by atoms with Crippen LogP contribution in [0.4, 0.5) is 5.13 Å². The molecule has 0 aliphatic carbocycles. The maximum absolute atomic E-state index is 12.0. The molecular formula is C18H19N3O3S2. The first-order valence-corrected chi connectivity index (χ1v) is 9.97. The van der Waals surface area contributed by atoms with Gasteiger partial charge in [-0.05, 0) is 36.4 Å². The van der Waals surface area contributed by atoms with Crippen molar-refractivity contribution in [2.45, 2.75) is 32.7 Å². The van der Waals surface area contributed by atoms with E-state index >= 15 is 0 Å². The monoisotopic (exact) mass is 389 g/mol. The van der Waals surface area contributed by atoms with E-state index in [4.69, 9.17) is 4.42 Å². The first-order chi connectivity index (χ1) is 12.6. The first kappa shape index (κ1) is 18.3. The van der Waals surface area contributed by atoms with Crippen LogP contribution in [0.3, 0.4) is 0 Å². The molecule has 0 radical (unpaired) electrons. The average molecular weight is 390 g/mol. The van der Waals surface area contributed by atoms with Gasteiger partial charge in [0.25, 0.3) is 0 Å². The number of thiazole rings is 1. The zero-order valence-electron chi connectivity index (χ0n) is 14.3. The van der Waals surface area contributed by atoms with E-state index in [1.165, 1.54) is 23.1 Å². The van der Waals surface area contributed by atoms with E-state index in [0.29, 0.717) is 35.3 Å². The fourth-order valence-corrected chi connectivity index (χ4v) is 3.79. The zero-order chi connectivity index (χ0) is 18.4. The smallest absolute Gasteiger partial charge is 0.226 e. The largest absolute Gasteiger partial charge is 0.458 e. The van der Waals surface area contributed by atoms with Crippen molar-refractivity contribution in [3.05, 3.63) is 45.7 Å². The second-order valence-corrected chi connectivity index (χ2v) is 7.59. The molecule has 136 valence electrons. The molecule has 0 aromatic carbocycles. The van der Waals surface area contributed by atoms with Crippen LogP contribution in [-0.2, 0) is 22.6 Å². The Balaban J connectivity index is 1.49. The van der Waals surface area contributed by atoms with Crippen LogP contribution >= 0.6 is 22.7 Å². The fraction of sp³-hybridized carbons (Fsp3) is 0.278. The normalized spacial score (nSPS) is 10.7. The summed E-state index contributed by atoms with van der Waals surface area (Å²) >= 11 is 3.07. The summed E-state index contributed by atoms with van der Waals surface area (Å²) in [6.45, 7) is 1.80. The molecule has 2 N–H and O–H groups in total. The summed E-state index contributed by atoms with van der Waals surface area (Å²) < 4.78 is 5.66. The van der Waals surface area contributed by atoms with Gasteiger partial charge in [-0.1, -0.05) is 6.07 Å². The summed E-state index contributed by atoms with van der Waals surface area (Å²) in [7, 11) is 0. The molecule has 0 saturated carbocycles. The molecule has 8 heteroatoms. The Hall–Kier alpha value is -2.45. The first-order valence-electron chi connectivity index (χ1n) is 8.21. The summed E-state index contributed by atoms with van der Waals surface area (Å²) in [6.07, 6.45) is 2.20. The number of aryl methyl sites for hydroxylation is 1. The van der Waals surface area contributed by atoms with Gasteiger partial charge in [0.05, 0.1) is 6.54 Å². The maximum atomic E-state index is 12.0. The number of aromatic nitrogens is 1. The van der Waals surface area contributed by atoms with E-state index in [-0.39, 0.29) is 11.8 Å². The van der Waals surface area contributed by atoms with Gasteiger partial charge in [0, 0.05) is 23.6 Å². The van der Waals surface area contributed by atoms with E-state index in [2.05, 4.69) is 21.7 Å². The SMILES string of the molecule is CC(=O)NCc1ccc(-c2csc(NC(=O)CCCc3cccs3)n2)o1. The number of hydrogen-bond donors (Lipinski definition) is 2. The van der Waals surface area contributed by atoms with Gasteiger partial charge in [-0.25, -0.2) is 4.98 Å². The molecule has 0 unspecified atom stereocenters. The van der Waals surface area contributed by atoms with Crippen LogP contribution in [0.5, 0.6) is 0 Å². The summed E-state index contributed by atoms with van der Waals surface area (Å²) in [5.74, 6) is 1.12. The van der Waals surface area contributed by atoms with E-state index in [1.54, 1.807) is 23.5 Å². The standard InChI is InChI=1S/C18H19N3O3S2/c1-12(22)19-10-13-7-8-16(24-13)15-11-26-18(20-15)21-17(23)6-2-4-14-5-3-9-25-14/h3,5,7-9,11H,2,4,6,10H2,1H3,(H,19,22)(H,20,21,23). The maximum Gasteiger partial charge on any atom is 0.226 e. The number of nitrogens with zero attached hydrogens (tertiary/aromatic N) is 1. The summed E-state index contributed by atoms with van der Waals surface area (Å²) in [6, 6.07) is 7.71. The van der Waals surface area contributed by atoms with Crippen molar-refractivity contribution in [3.63, 3.8) is 0 Å². The second-order valence-electron chi connectivity index (χ2n) is 5.69.